The first-order chi connectivity index (χ1) is 8.72. The molecule has 0 fully saturated rings. The van der Waals surface area contributed by atoms with Crippen LogP contribution in [0.25, 0.3) is 5.69 Å². The second-order valence-electron chi connectivity index (χ2n) is 3.69. The first-order valence-corrected chi connectivity index (χ1v) is 5.97. The van der Waals surface area contributed by atoms with Crippen molar-refractivity contribution in [3.8, 4) is 5.69 Å². The number of nitro groups is 1. The zero-order chi connectivity index (χ0) is 13.0. The summed E-state index contributed by atoms with van der Waals surface area (Å²) in [5.74, 6) is 0.554. The van der Waals surface area contributed by atoms with Crippen LogP contribution in [0, 0.1) is 10.1 Å². The molecule has 0 aliphatic heterocycles. The number of aromatic nitrogens is 3. The Bertz CT molecular complexity index is 555. The molecule has 1 heterocycles. The molecule has 0 amide bonds. The van der Waals surface area contributed by atoms with Gasteiger partial charge >= 0.3 is 0 Å². The van der Waals surface area contributed by atoms with Crippen molar-refractivity contribution in [1.82, 2.24) is 15.0 Å². The molecule has 0 spiro atoms. The van der Waals surface area contributed by atoms with Crippen LogP contribution in [0.15, 0.2) is 30.5 Å². The molecule has 1 aromatic carbocycles. The van der Waals surface area contributed by atoms with Crippen LogP contribution in [0.4, 0.5) is 5.69 Å². The minimum Gasteiger partial charge on any atom is -0.258 e. The molecule has 0 aliphatic carbocycles. The minimum absolute atomic E-state index is 0.00583. The van der Waals surface area contributed by atoms with E-state index in [-0.39, 0.29) is 5.69 Å². The highest BCUT2D eigenvalue weighted by Crippen LogP contribution is 2.21. The van der Waals surface area contributed by atoms with E-state index >= 15 is 0 Å². The molecule has 1 aromatic heterocycles. The molecule has 0 saturated heterocycles. The Hall–Kier alpha value is -1.95. The maximum atomic E-state index is 10.9. The lowest BCUT2D eigenvalue weighted by Crippen LogP contribution is -2.00. The molecule has 94 valence electrons. The summed E-state index contributed by atoms with van der Waals surface area (Å²) in [5.41, 5.74) is 1.19. The van der Waals surface area contributed by atoms with Crippen LogP contribution >= 0.6 is 11.6 Å². The average molecular weight is 267 g/mol. The molecule has 0 bridgehead atoms. The molecule has 2 aromatic rings. The number of alkyl halides is 1. The lowest BCUT2D eigenvalue weighted by molar-refractivity contribution is -0.384. The van der Waals surface area contributed by atoms with Gasteiger partial charge in [-0.25, -0.2) is 4.68 Å². The predicted molar refractivity (Wildman–Crippen MR) is 67.1 cm³/mol. The van der Waals surface area contributed by atoms with E-state index < -0.39 is 4.92 Å². The van der Waals surface area contributed by atoms with Crippen LogP contribution in [0.5, 0.6) is 0 Å². The van der Waals surface area contributed by atoms with Crippen LogP contribution in [0.1, 0.15) is 12.1 Å². The maximum Gasteiger partial charge on any atom is 0.294 e. The zero-order valence-electron chi connectivity index (χ0n) is 9.49. The van der Waals surface area contributed by atoms with Crippen molar-refractivity contribution in [3.05, 3.63) is 46.3 Å². The number of para-hydroxylation sites is 2. The van der Waals surface area contributed by atoms with Crippen molar-refractivity contribution in [2.24, 2.45) is 0 Å². The first-order valence-electron chi connectivity index (χ1n) is 5.43. The third kappa shape index (κ3) is 2.65. The van der Waals surface area contributed by atoms with Gasteiger partial charge in [0, 0.05) is 11.9 Å². The predicted octanol–water partition coefficient (Wildman–Crippen LogP) is 2.35. The summed E-state index contributed by atoms with van der Waals surface area (Å²) in [6, 6.07) is 6.42. The highest BCUT2D eigenvalue weighted by Gasteiger charge is 2.15. The number of nitrogens with zero attached hydrogens (tertiary/aromatic N) is 4. The SMILES string of the molecule is O=[N+]([O-])c1ccccc1-n1cc(CCCCl)nn1. The quantitative estimate of drug-likeness (QED) is 0.473. The molecule has 18 heavy (non-hydrogen) atoms. The normalized spacial score (nSPS) is 10.5. The summed E-state index contributed by atoms with van der Waals surface area (Å²) in [6.45, 7) is 0. The summed E-state index contributed by atoms with van der Waals surface area (Å²) < 4.78 is 1.42. The summed E-state index contributed by atoms with van der Waals surface area (Å²) in [7, 11) is 0. The number of hydrogen-bond donors (Lipinski definition) is 0. The smallest absolute Gasteiger partial charge is 0.258 e. The number of nitro benzene ring substituents is 1. The largest absolute Gasteiger partial charge is 0.294 e. The molecule has 2 rings (SSSR count). The summed E-state index contributed by atoms with van der Waals surface area (Å²) in [6.07, 6.45) is 3.20. The fourth-order valence-electron chi connectivity index (χ4n) is 1.59. The van der Waals surface area contributed by atoms with Gasteiger partial charge in [-0.1, -0.05) is 17.3 Å². The van der Waals surface area contributed by atoms with Crippen molar-refractivity contribution < 1.29 is 4.92 Å². The van der Waals surface area contributed by atoms with Crippen LogP contribution in [-0.2, 0) is 6.42 Å². The molecular weight excluding hydrogens is 256 g/mol. The van der Waals surface area contributed by atoms with E-state index in [0.717, 1.165) is 12.1 Å². The van der Waals surface area contributed by atoms with Gasteiger partial charge in [0.25, 0.3) is 5.69 Å². The number of benzene rings is 1. The molecule has 6 nitrogen and oxygen atoms in total. The van der Waals surface area contributed by atoms with Gasteiger partial charge in [0.05, 0.1) is 16.8 Å². The molecule has 0 aliphatic rings. The fraction of sp³-hybridized carbons (Fsp3) is 0.273. The van der Waals surface area contributed by atoms with E-state index in [0.29, 0.717) is 18.0 Å². The maximum absolute atomic E-state index is 10.9. The Balaban J connectivity index is 2.31. The minimum atomic E-state index is -0.435. The number of hydrogen-bond acceptors (Lipinski definition) is 4. The van der Waals surface area contributed by atoms with Crippen LogP contribution in [0.2, 0.25) is 0 Å². The zero-order valence-corrected chi connectivity index (χ0v) is 10.2. The van der Waals surface area contributed by atoms with Gasteiger partial charge in [0.15, 0.2) is 0 Å². The molecule has 0 N–H and O–H groups in total. The van der Waals surface area contributed by atoms with Crippen LogP contribution < -0.4 is 0 Å². The summed E-state index contributed by atoms with van der Waals surface area (Å²) >= 11 is 5.60. The van der Waals surface area contributed by atoms with Gasteiger partial charge in [-0.3, -0.25) is 10.1 Å². The molecular formula is C11H11ClN4O2. The van der Waals surface area contributed by atoms with Gasteiger partial charge in [-0.2, -0.15) is 0 Å². The topological polar surface area (TPSA) is 73.8 Å². The van der Waals surface area contributed by atoms with E-state index in [1.165, 1.54) is 10.7 Å². The fourth-order valence-corrected chi connectivity index (χ4v) is 1.72. The van der Waals surface area contributed by atoms with Crippen molar-refractivity contribution in [3.63, 3.8) is 0 Å². The van der Waals surface area contributed by atoms with E-state index in [1.54, 1.807) is 24.4 Å². The molecule has 0 saturated carbocycles. The Labute approximate surface area is 108 Å². The van der Waals surface area contributed by atoms with Gasteiger partial charge in [0.2, 0.25) is 0 Å². The lowest BCUT2D eigenvalue weighted by atomic mass is 10.2. The molecule has 7 heteroatoms. The number of halogens is 1. The van der Waals surface area contributed by atoms with Gasteiger partial charge < -0.3 is 0 Å². The van der Waals surface area contributed by atoms with Crippen LogP contribution in [-0.4, -0.2) is 25.8 Å². The molecule has 0 atom stereocenters. The van der Waals surface area contributed by atoms with E-state index in [4.69, 9.17) is 11.6 Å². The first kappa shape index (κ1) is 12.5. The highest BCUT2D eigenvalue weighted by molar-refractivity contribution is 6.17. The van der Waals surface area contributed by atoms with Gasteiger partial charge in [-0.15, -0.1) is 16.7 Å². The van der Waals surface area contributed by atoms with Gasteiger partial charge in [0.1, 0.15) is 5.69 Å². The monoisotopic (exact) mass is 266 g/mol. The van der Waals surface area contributed by atoms with Crippen molar-refractivity contribution in [2.45, 2.75) is 12.8 Å². The number of aryl methyl sites for hydroxylation is 1. The second kappa shape index (κ2) is 5.59. The third-order valence-corrected chi connectivity index (χ3v) is 2.70. The Kier molecular flexibility index (Phi) is 3.88. The van der Waals surface area contributed by atoms with Crippen molar-refractivity contribution in [1.29, 1.82) is 0 Å². The van der Waals surface area contributed by atoms with E-state index in [2.05, 4.69) is 10.3 Å². The molecule has 0 unspecified atom stereocenters. The van der Waals surface area contributed by atoms with Gasteiger partial charge in [-0.05, 0) is 18.9 Å². The summed E-state index contributed by atoms with van der Waals surface area (Å²) in [5, 5.41) is 18.8. The number of rotatable bonds is 5. The lowest BCUT2D eigenvalue weighted by Gasteiger charge is -2.00. The third-order valence-electron chi connectivity index (χ3n) is 2.43. The van der Waals surface area contributed by atoms with E-state index in [1.807, 2.05) is 0 Å². The van der Waals surface area contributed by atoms with Crippen LogP contribution in [0.3, 0.4) is 0 Å². The summed E-state index contributed by atoms with van der Waals surface area (Å²) in [4.78, 5) is 10.5. The molecule has 0 radical (unpaired) electrons. The average Bonchev–Trinajstić information content (AvgIpc) is 2.85. The Morgan fingerprint density at radius 3 is 2.89 bits per heavy atom. The standard InChI is InChI=1S/C11H11ClN4O2/c12-7-3-4-9-8-15(14-13-9)10-5-1-2-6-11(10)16(17)18/h1-2,5-6,8H,3-4,7H2. The van der Waals surface area contributed by atoms with E-state index in [9.17, 15) is 10.1 Å². The Morgan fingerprint density at radius 2 is 2.17 bits per heavy atom. The second-order valence-corrected chi connectivity index (χ2v) is 4.07. The van der Waals surface area contributed by atoms with Crippen molar-refractivity contribution in [2.75, 3.05) is 5.88 Å². The highest BCUT2D eigenvalue weighted by atomic mass is 35.5. The van der Waals surface area contributed by atoms with Crippen molar-refractivity contribution >= 4 is 17.3 Å². The Morgan fingerprint density at radius 1 is 1.39 bits per heavy atom.